The molecule has 0 aliphatic heterocycles. The normalized spacial score (nSPS) is 13.8. The molecule has 198 valence electrons. The van der Waals surface area contributed by atoms with Crippen LogP contribution in [0.3, 0.4) is 0 Å². The van der Waals surface area contributed by atoms with Crippen LogP contribution in [0.5, 0.6) is 23.0 Å². The number of carbonyl (C=O) groups is 1. The summed E-state index contributed by atoms with van der Waals surface area (Å²) in [5.74, 6) is 2.87. The Labute approximate surface area is 222 Å². The van der Waals surface area contributed by atoms with Gasteiger partial charge >= 0.3 is 0 Å². The Bertz CT molecular complexity index is 1410. The van der Waals surface area contributed by atoms with Crippen LogP contribution in [-0.4, -0.2) is 43.9 Å². The van der Waals surface area contributed by atoms with Crippen molar-refractivity contribution in [1.82, 2.24) is 9.55 Å². The van der Waals surface area contributed by atoms with Gasteiger partial charge in [0.25, 0.3) is 5.91 Å². The molecular weight excluding hydrogens is 482 g/mol. The van der Waals surface area contributed by atoms with Crippen molar-refractivity contribution >= 4 is 22.6 Å². The van der Waals surface area contributed by atoms with Crippen LogP contribution in [0.2, 0.25) is 0 Å². The first kappa shape index (κ1) is 25.4. The van der Waals surface area contributed by atoms with Gasteiger partial charge in [-0.2, -0.15) is 0 Å². The third kappa shape index (κ3) is 4.86. The summed E-state index contributed by atoms with van der Waals surface area (Å²) in [4.78, 5) is 18.3. The number of ether oxygens (including phenoxy) is 4. The molecule has 0 unspecified atom stereocenters. The molecule has 1 saturated carbocycles. The summed E-state index contributed by atoms with van der Waals surface area (Å²) in [5.41, 5.74) is 3.90. The predicted molar refractivity (Wildman–Crippen MR) is 148 cm³/mol. The van der Waals surface area contributed by atoms with Crippen LogP contribution in [0.15, 0.2) is 54.6 Å². The van der Waals surface area contributed by atoms with Gasteiger partial charge in [0, 0.05) is 35.0 Å². The highest BCUT2D eigenvalue weighted by Gasteiger charge is 2.23. The third-order valence-electron chi connectivity index (χ3n) is 7.16. The Morgan fingerprint density at radius 3 is 2.13 bits per heavy atom. The quantitative estimate of drug-likeness (QED) is 0.289. The first-order valence-corrected chi connectivity index (χ1v) is 12.8. The molecule has 0 atom stereocenters. The molecule has 8 nitrogen and oxygen atoms in total. The molecule has 0 spiro atoms. The minimum Gasteiger partial charge on any atom is -0.497 e. The molecule has 0 saturated heterocycles. The van der Waals surface area contributed by atoms with Crippen molar-refractivity contribution in [2.75, 3.05) is 33.8 Å². The zero-order chi connectivity index (χ0) is 26.6. The van der Waals surface area contributed by atoms with Crippen molar-refractivity contribution in [3.05, 3.63) is 60.2 Å². The molecule has 1 N–H and O–H groups in total. The summed E-state index contributed by atoms with van der Waals surface area (Å²) >= 11 is 0. The highest BCUT2D eigenvalue weighted by Crippen LogP contribution is 2.40. The molecule has 4 aromatic rings. The van der Waals surface area contributed by atoms with Crippen molar-refractivity contribution in [3.63, 3.8) is 0 Å². The van der Waals surface area contributed by atoms with Crippen LogP contribution in [0.4, 0.5) is 5.69 Å². The average molecular weight is 516 g/mol. The van der Waals surface area contributed by atoms with Crippen molar-refractivity contribution < 1.29 is 23.7 Å². The van der Waals surface area contributed by atoms with Crippen LogP contribution in [-0.2, 0) is 0 Å². The number of nitrogens with one attached hydrogen (secondary N) is 1. The Kier molecular flexibility index (Phi) is 7.40. The van der Waals surface area contributed by atoms with E-state index in [9.17, 15) is 4.79 Å². The maximum absolute atomic E-state index is 13.3. The van der Waals surface area contributed by atoms with Crippen LogP contribution < -0.4 is 24.3 Å². The number of hydrogen-bond acceptors (Lipinski definition) is 6. The number of hydrogen-bond donors (Lipinski definition) is 1. The summed E-state index contributed by atoms with van der Waals surface area (Å²) in [6.45, 7) is 0. The van der Waals surface area contributed by atoms with E-state index in [2.05, 4.69) is 9.88 Å². The number of benzene rings is 3. The summed E-state index contributed by atoms with van der Waals surface area (Å²) < 4.78 is 23.9. The minimum absolute atomic E-state index is 0.251. The third-order valence-corrected chi connectivity index (χ3v) is 7.16. The molecule has 1 aliphatic carbocycles. The fourth-order valence-corrected chi connectivity index (χ4v) is 5.25. The van der Waals surface area contributed by atoms with Gasteiger partial charge in [0.15, 0.2) is 11.5 Å². The predicted octanol–water partition coefficient (Wildman–Crippen LogP) is 6.50. The largest absolute Gasteiger partial charge is 0.497 e. The second kappa shape index (κ2) is 11.0. The molecule has 1 amide bonds. The molecule has 1 aliphatic rings. The second-order valence-electron chi connectivity index (χ2n) is 9.40. The molecule has 3 aromatic carbocycles. The SMILES string of the molecule is COc1ccc(-c2nc3cc(C(=O)Nc4cc(OC)c(OC)c(OC)c4)ccc3n2C2CCCCC2)cc1. The van der Waals surface area contributed by atoms with Gasteiger partial charge in [0.1, 0.15) is 11.6 Å². The van der Waals surface area contributed by atoms with Gasteiger partial charge in [0.2, 0.25) is 5.75 Å². The van der Waals surface area contributed by atoms with Gasteiger partial charge in [-0.1, -0.05) is 19.3 Å². The molecule has 5 rings (SSSR count). The molecule has 38 heavy (non-hydrogen) atoms. The number of rotatable bonds is 8. The minimum atomic E-state index is -0.251. The molecule has 8 heteroatoms. The van der Waals surface area contributed by atoms with E-state index in [1.807, 2.05) is 42.5 Å². The van der Waals surface area contributed by atoms with Gasteiger partial charge in [-0.25, -0.2) is 4.98 Å². The van der Waals surface area contributed by atoms with Crippen LogP contribution >= 0.6 is 0 Å². The Morgan fingerprint density at radius 1 is 0.842 bits per heavy atom. The van der Waals surface area contributed by atoms with Gasteiger partial charge in [-0.3, -0.25) is 4.79 Å². The summed E-state index contributed by atoms with van der Waals surface area (Å²) in [7, 11) is 6.29. The van der Waals surface area contributed by atoms with E-state index in [0.717, 1.165) is 41.0 Å². The van der Waals surface area contributed by atoms with E-state index < -0.39 is 0 Å². The Hall–Kier alpha value is -4.20. The fourth-order valence-electron chi connectivity index (χ4n) is 5.25. The van der Waals surface area contributed by atoms with Gasteiger partial charge in [-0.15, -0.1) is 0 Å². The standard InChI is InChI=1S/C30H33N3O5/c1-35-23-13-10-19(11-14-23)29-32-24-16-20(12-15-25(24)33(29)22-8-6-5-7-9-22)30(34)31-21-17-26(36-2)28(38-4)27(18-21)37-3/h10-18,22H,5-9H2,1-4H3,(H,31,34). The Morgan fingerprint density at radius 2 is 1.53 bits per heavy atom. The maximum atomic E-state index is 13.3. The number of carbonyl (C=O) groups excluding carboxylic acids is 1. The average Bonchev–Trinajstić information content (AvgIpc) is 3.35. The lowest BCUT2D eigenvalue weighted by molar-refractivity contribution is 0.102. The van der Waals surface area contributed by atoms with E-state index in [1.54, 1.807) is 40.6 Å². The molecule has 0 bridgehead atoms. The van der Waals surface area contributed by atoms with Gasteiger partial charge in [-0.05, 0) is 55.3 Å². The van der Waals surface area contributed by atoms with E-state index in [0.29, 0.717) is 34.5 Å². The summed E-state index contributed by atoms with van der Waals surface area (Å²) in [6.07, 6.45) is 5.94. The lowest BCUT2D eigenvalue weighted by atomic mass is 9.94. The van der Waals surface area contributed by atoms with Crippen LogP contribution in [0.25, 0.3) is 22.4 Å². The maximum Gasteiger partial charge on any atom is 0.255 e. The number of nitrogens with zero attached hydrogens (tertiary/aromatic N) is 2. The van der Waals surface area contributed by atoms with Crippen molar-refractivity contribution in [2.24, 2.45) is 0 Å². The van der Waals surface area contributed by atoms with E-state index in [1.165, 1.54) is 19.3 Å². The smallest absolute Gasteiger partial charge is 0.255 e. The fraction of sp³-hybridized carbons (Fsp3) is 0.333. The van der Waals surface area contributed by atoms with Crippen LogP contribution in [0.1, 0.15) is 48.5 Å². The van der Waals surface area contributed by atoms with Crippen molar-refractivity contribution in [3.8, 4) is 34.4 Å². The monoisotopic (exact) mass is 515 g/mol. The Balaban J connectivity index is 1.51. The topological polar surface area (TPSA) is 83.8 Å². The van der Waals surface area contributed by atoms with E-state index >= 15 is 0 Å². The lowest BCUT2D eigenvalue weighted by Gasteiger charge is -2.25. The van der Waals surface area contributed by atoms with E-state index in [4.69, 9.17) is 23.9 Å². The van der Waals surface area contributed by atoms with Crippen molar-refractivity contribution in [1.29, 1.82) is 0 Å². The first-order valence-electron chi connectivity index (χ1n) is 12.8. The number of aromatic nitrogens is 2. The number of fused-ring (bicyclic) bond motifs is 1. The number of amides is 1. The summed E-state index contributed by atoms with van der Waals surface area (Å²) in [5, 5.41) is 2.95. The first-order chi connectivity index (χ1) is 18.6. The van der Waals surface area contributed by atoms with Crippen LogP contribution in [0, 0.1) is 0 Å². The molecule has 0 radical (unpaired) electrons. The lowest BCUT2D eigenvalue weighted by Crippen LogP contribution is -2.14. The number of methoxy groups -OCH3 is 4. The zero-order valence-corrected chi connectivity index (χ0v) is 22.2. The summed E-state index contributed by atoms with van der Waals surface area (Å²) in [6, 6.07) is 17.5. The molecule has 1 heterocycles. The molecular formula is C30H33N3O5. The highest BCUT2D eigenvalue weighted by molar-refractivity contribution is 6.06. The van der Waals surface area contributed by atoms with Gasteiger partial charge < -0.3 is 28.8 Å². The second-order valence-corrected chi connectivity index (χ2v) is 9.40. The van der Waals surface area contributed by atoms with Crippen molar-refractivity contribution in [2.45, 2.75) is 38.1 Å². The zero-order valence-electron chi connectivity index (χ0n) is 22.2. The highest BCUT2D eigenvalue weighted by atomic mass is 16.5. The van der Waals surface area contributed by atoms with Gasteiger partial charge in [0.05, 0.1) is 39.5 Å². The number of imidazole rings is 1. The van der Waals surface area contributed by atoms with E-state index in [-0.39, 0.29) is 5.91 Å². The molecule has 1 fully saturated rings. The number of anilines is 1. The molecule has 1 aromatic heterocycles.